The van der Waals surface area contributed by atoms with Crippen LogP contribution in [0.4, 0.5) is 0 Å². The van der Waals surface area contributed by atoms with Crippen LogP contribution in [-0.4, -0.2) is 35.1 Å². The van der Waals surface area contributed by atoms with Crippen LogP contribution in [0.3, 0.4) is 0 Å². The lowest BCUT2D eigenvalue weighted by Gasteiger charge is -2.20. The molecule has 6 nitrogen and oxygen atoms in total. The third-order valence-electron chi connectivity index (χ3n) is 2.86. The third kappa shape index (κ3) is 6.40. The average molecular weight is 335 g/mol. The summed E-state index contributed by atoms with van der Waals surface area (Å²) in [5, 5.41) is 11.9. The van der Waals surface area contributed by atoms with Gasteiger partial charge in [-0.05, 0) is 44.4 Å². The van der Waals surface area contributed by atoms with Gasteiger partial charge < -0.3 is 15.2 Å². The van der Waals surface area contributed by atoms with Gasteiger partial charge in [0.2, 0.25) is 0 Å². The van der Waals surface area contributed by atoms with Gasteiger partial charge in [0.1, 0.15) is 5.60 Å². The number of carboxylic acid groups (broad SMARTS) is 1. The van der Waals surface area contributed by atoms with Crippen LogP contribution in [0.1, 0.15) is 72.6 Å². The number of rotatable bonds is 4. The van der Waals surface area contributed by atoms with Crippen molar-refractivity contribution in [3.63, 3.8) is 0 Å². The Kier molecular flexibility index (Phi) is 5.76. The second-order valence-electron chi connectivity index (χ2n) is 7.85. The van der Waals surface area contributed by atoms with E-state index in [1.807, 2.05) is 20.8 Å². The molecule has 0 aliphatic carbocycles. The van der Waals surface area contributed by atoms with Gasteiger partial charge in [0.25, 0.3) is 5.91 Å². The molecule has 0 bridgehead atoms. The molecule has 0 aromatic heterocycles. The van der Waals surface area contributed by atoms with Crippen LogP contribution in [-0.2, 0) is 4.74 Å². The van der Waals surface area contributed by atoms with Crippen molar-refractivity contribution >= 4 is 17.8 Å². The lowest BCUT2D eigenvalue weighted by molar-refractivity contribution is 0.00695. The van der Waals surface area contributed by atoms with Crippen molar-refractivity contribution in [3.05, 3.63) is 34.9 Å². The van der Waals surface area contributed by atoms with E-state index in [9.17, 15) is 19.5 Å². The van der Waals surface area contributed by atoms with Gasteiger partial charge >= 0.3 is 11.9 Å². The van der Waals surface area contributed by atoms with Crippen LogP contribution in [0, 0.1) is 5.41 Å². The van der Waals surface area contributed by atoms with Crippen molar-refractivity contribution in [2.24, 2.45) is 5.41 Å². The van der Waals surface area contributed by atoms with E-state index in [1.165, 1.54) is 18.2 Å². The Balaban J connectivity index is 3.15. The molecule has 0 heterocycles. The number of ether oxygens (including phenoxy) is 1. The number of carboxylic acids is 1. The summed E-state index contributed by atoms with van der Waals surface area (Å²) in [5.41, 5.74) is -0.830. The van der Waals surface area contributed by atoms with Crippen molar-refractivity contribution in [2.45, 2.75) is 47.1 Å². The minimum Gasteiger partial charge on any atom is -0.478 e. The van der Waals surface area contributed by atoms with Gasteiger partial charge in [0, 0.05) is 12.1 Å². The summed E-state index contributed by atoms with van der Waals surface area (Å²) < 4.78 is 5.24. The number of benzene rings is 1. The fraction of sp³-hybridized carbons (Fsp3) is 0.500. The van der Waals surface area contributed by atoms with E-state index in [0.29, 0.717) is 6.54 Å². The Bertz CT molecular complexity index is 650. The molecule has 132 valence electrons. The molecular weight excluding hydrogens is 310 g/mol. The lowest BCUT2D eigenvalue weighted by atomic mass is 9.96. The van der Waals surface area contributed by atoms with Gasteiger partial charge in [-0.3, -0.25) is 4.79 Å². The Labute approximate surface area is 142 Å². The summed E-state index contributed by atoms with van der Waals surface area (Å²) in [4.78, 5) is 35.7. The van der Waals surface area contributed by atoms with E-state index in [2.05, 4.69) is 5.32 Å². The molecule has 1 aromatic rings. The quantitative estimate of drug-likeness (QED) is 0.825. The number of aromatic carboxylic acids is 1. The van der Waals surface area contributed by atoms with Gasteiger partial charge in [-0.2, -0.15) is 0 Å². The molecule has 0 fully saturated rings. The second-order valence-corrected chi connectivity index (χ2v) is 7.85. The first-order chi connectivity index (χ1) is 10.8. The molecule has 0 aliphatic heterocycles. The lowest BCUT2D eigenvalue weighted by Crippen LogP contribution is -2.32. The molecule has 0 saturated carbocycles. The molecule has 0 radical (unpaired) electrons. The zero-order valence-corrected chi connectivity index (χ0v) is 15.0. The van der Waals surface area contributed by atoms with Gasteiger partial charge in [0.15, 0.2) is 0 Å². The highest BCUT2D eigenvalue weighted by Gasteiger charge is 2.22. The van der Waals surface area contributed by atoms with E-state index in [1.54, 1.807) is 20.8 Å². The highest BCUT2D eigenvalue weighted by atomic mass is 16.6. The van der Waals surface area contributed by atoms with Crippen molar-refractivity contribution in [3.8, 4) is 0 Å². The minimum atomic E-state index is -1.22. The standard InChI is InChI=1S/C18H25NO5/c1-17(2,3)10-19-14(20)11-7-12(15(21)22)9-13(8-11)16(23)24-18(4,5)6/h7-9H,10H2,1-6H3,(H,19,20)(H,21,22). The number of nitrogens with one attached hydrogen (secondary N) is 1. The van der Waals surface area contributed by atoms with Crippen LogP contribution >= 0.6 is 0 Å². The zero-order chi connectivity index (χ0) is 18.7. The molecule has 6 heteroatoms. The van der Waals surface area contributed by atoms with Crippen LogP contribution in [0.5, 0.6) is 0 Å². The Morgan fingerprint density at radius 3 is 1.92 bits per heavy atom. The number of hydrogen-bond donors (Lipinski definition) is 2. The van der Waals surface area contributed by atoms with Crippen molar-refractivity contribution < 1.29 is 24.2 Å². The maximum Gasteiger partial charge on any atom is 0.338 e. The molecule has 0 atom stereocenters. The first kappa shape index (κ1) is 19.7. The summed E-state index contributed by atoms with van der Waals surface area (Å²) >= 11 is 0. The van der Waals surface area contributed by atoms with E-state index in [4.69, 9.17) is 4.74 Å². The largest absolute Gasteiger partial charge is 0.478 e. The number of amides is 1. The van der Waals surface area contributed by atoms with Crippen LogP contribution < -0.4 is 5.32 Å². The number of hydrogen-bond acceptors (Lipinski definition) is 4. The number of carbonyl (C=O) groups excluding carboxylic acids is 2. The average Bonchev–Trinajstić information content (AvgIpc) is 2.41. The van der Waals surface area contributed by atoms with Crippen molar-refractivity contribution in [2.75, 3.05) is 6.54 Å². The summed E-state index contributed by atoms with van der Waals surface area (Å²) in [5.74, 6) is -2.32. The molecule has 0 saturated heterocycles. The zero-order valence-electron chi connectivity index (χ0n) is 15.0. The molecule has 1 aromatic carbocycles. The van der Waals surface area contributed by atoms with Crippen LogP contribution in [0.2, 0.25) is 0 Å². The molecule has 2 N–H and O–H groups in total. The first-order valence-electron chi connectivity index (χ1n) is 7.68. The Morgan fingerprint density at radius 1 is 0.958 bits per heavy atom. The second kappa shape index (κ2) is 7.03. The minimum absolute atomic E-state index is 0.0331. The maximum atomic E-state index is 12.3. The number of esters is 1. The summed E-state index contributed by atoms with van der Waals surface area (Å²) in [6, 6.07) is 3.80. The Hall–Kier alpha value is -2.37. The van der Waals surface area contributed by atoms with Gasteiger partial charge in [-0.1, -0.05) is 20.8 Å². The topological polar surface area (TPSA) is 92.7 Å². The summed E-state index contributed by atoms with van der Waals surface area (Å²) in [6.07, 6.45) is 0. The molecular formula is C18H25NO5. The van der Waals surface area contributed by atoms with Crippen LogP contribution in [0.15, 0.2) is 18.2 Å². The third-order valence-corrected chi connectivity index (χ3v) is 2.86. The summed E-state index contributed by atoms with van der Waals surface area (Å²) in [6.45, 7) is 11.5. The molecule has 0 aliphatic rings. The number of carbonyl (C=O) groups is 3. The fourth-order valence-electron chi connectivity index (χ4n) is 1.78. The first-order valence-corrected chi connectivity index (χ1v) is 7.68. The fourth-order valence-corrected chi connectivity index (χ4v) is 1.78. The van der Waals surface area contributed by atoms with E-state index in [-0.39, 0.29) is 22.1 Å². The predicted octanol–water partition coefficient (Wildman–Crippen LogP) is 3.12. The maximum absolute atomic E-state index is 12.3. The Morgan fingerprint density at radius 2 is 1.46 bits per heavy atom. The highest BCUT2D eigenvalue weighted by Crippen LogP contribution is 2.17. The smallest absolute Gasteiger partial charge is 0.338 e. The van der Waals surface area contributed by atoms with Gasteiger partial charge in [-0.25, -0.2) is 9.59 Å². The molecule has 0 spiro atoms. The molecule has 1 rings (SSSR count). The molecule has 24 heavy (non-hydrogen) atoms. The van der Waals surface area contributed by atoms with E-state index >= 15 is 0 Å². The van der Waals surface area contributed by atoms with Crippen molar-refractivity contribution in [1.29, 1.82) is 0 Å². The molecule has 0 unspecified atom stereocenters. The van der Waals surface area contributed by atoms with Crippen LogP contribution in [0.25, 0.3) is 0 Å². The molecule has 1 amide bonds. The van der Waals surface area contributed by atoms with Crippen molar-refractivity contribution in [1.82, 2.24) is 5.32 Å². The monoisotopic (exact) mass is 335 g/mol. The van der Waals surface area contributed by atoms with E-state index < -0.39 is 23.4 Å². The summed E-state index contributed by atoms with van der Waals surface area (Å²) in [7, 11) is 0. The SMILES string of the molecule is CC(C)(C)CNC(=O)c1cc(C(=O)O)cc(C(=O)OC(C)(C)C)c1. The van der Waals surface area contributed by atoms with Gasteiger partial charge in [-0.15, -0.1) is 0 Å². The highest BCUT2D eigenvalue weighted by molar-refractivity contribution is 6.01. The normalized spacial score (nSPS) is 11.8. The predicted molar refractivity (Wildman–Crippen MR) is 90.4 cm³/mol. The van der Waals surface area contributed by atoms with E-state index in [0.717, 1.165) is 0 Å². The van der Waals surface area contributed by atoms with Gasteiger partial charge in [0.05, 0.1) is 11.1 Å².